The summed E-state index contributed by atoms with van der Waals surface area (Å²) in [5.74, 6) is 0.946. The first kappa shape index (κ1) is 14.9. The number of nitrogen functional groups attached to an aromatic ring is 1. The lowest BCUT2D eigenvalue weighted by atomic mass is 10.0. The van der Waals surface area contributed by atoms with E-state index in [1.54, 1.807) is 6.20 Å². The van der Waals surface area contributed by atoms with Gasteiger partial charge in [-0.1, -0.05) is 6.92 Å². The van der Waals surface area contributed by atoms with E-state index in [-0.39, 0.29) is 12.1 Å². The molecule has 0 radical (unpaired) electrons. The van der Waals surface area contributed by atoms with Crippen LogP contribution in [0.1, 0.15) is 27.7 Å². The van der Waals surface area contributed by atoms with Crippen molar-refractivity contribution in [2.24, 2.45) is 5.92 Å². The van der Waals surface area contributed by atoms with Crippen LogP contribution in [0.25, 0.3) is 0 Å². The second kappa shape index (κ2) is 5.04. The van der Waals surface area contributed by atoms with Crippen molar-refractivity contribution in [2.45, 2.75) is 45.4 Å². The first-order chi connectivity index (χ1) is 10.3. The highest BCUT2D eigenvalue weighted by Crippen LogP contribution is 2.39. The van der Waals surface area contributed by atoms with E-state index in [1.165, 1.54) is 0 Å². The molecule has 3 rings (SSSR count). The molecule has 6 heteroatoms. The number of likely N-dealkylation sites (tertiary alicyclic amines) is 1. The molecule has 1 aromatic heterocycles. The summed E-state index contributed by atoms with van der Waals surface area (Å²) >= 11 is 0. The predicted octanol–water partition coefficient (Wildman–Crippen LogP) is 2.11. The molecule has 120 valence electrons. The molecule has 1 amide bonds. The fraction of sp³-hybridized carbons (Fsp3) is 0.625. The molecule has 2 aliphatic heterocycles. The Morgan fingerprint density at radius 3 is 2.55 bits per heavy atom. The van der Waals surface area contributed by atoms with Crippen molar-refractivity contribution in [3.05, 3.63) is 18.3 Å². The highest BCUT2D eigenvalue weighted by molar-refractivity contribution is 5.70. The Morgan fingerprint density at radius 1 is 1.32 bits per heavy atom. The summed E-state index contributed by atoms with van der Waals surface area (Å²) in [5.41, 5.74) is 6.26. The van der Waals surface area contributed by atoms with Gasteiger partial charge in [0.05, 0.1) is 24.0 Å². The maximum absolute atomic E-state index is 12.3. The van der Waals surface area contributed by atoms with Gasteiger partial charge in [0.15, 0.2) is 0 Å². The van der Waals surface area contributed by atoms with Gasteiger partial charge in [0.25, 0.3) is 0 Å². The van der Waals surface area contributed by atoms with Gasteiger partial charge in [-0.3, -0.25) is 0 Å². The van der Waals surface area contributed by atoms with Crippen molar-refractivity contribution >= 4 is 17.6 Å². The minimum Gasteiger partial charge on any atom is -0.444 e. The van der Waals surface area contributed by atoms with Gasteiger partial charge in [-0.15, -0.1) is 0 Å². The monoisotopic (exact) mass is 304 g/mol. The molecule has 2 bridgehead atoms. The number of hydrogen-bond acceptors (Lipinski definition) is 5. The van der Waals surface area contributed by atoms with Crippen LogP contribution < -0.4 is 10.6 Å². The molecule has 2 unspecified atom stereocenters. The molecule has 2 N–H and O–H groups in total. The Kier molecular flexibility index (Phi) is 3.42. The Balaban J connectivity index is 1.73. The molecule has 0 aliphatic carbocycles. The Hall–Kier alpha value is -1.98. The van der Waals surface area contributed by atoms with E-state index in [4.69, 9.17) is 10.5 Å². The Labute approximate surface area is 131 Å². The molecule has 1 aromatic rings. The molecule has 0 spiro atoms. The average molecular weight is 304 g/mol. The fourth-order valence-corrected chi connectivity index (χ4v) is 3.42. The Morgan fingerprint density at radius 2 is 2.05 bits per heavy atom. The topological polar surface area (TPSA) is 71.7 Å². The summed E-state index contributed by atoms with van der Waals surface area (Å²) < 4.78 is 5.52. The first-order valence-corrected chi connectivity index (χ1v) is 7.74. The zero-order valence-corrected chi connectivity index (χ0v) is 13.6. The zero-order chi connectivity index (χ0) is 16.1. The molecular weight excluding hydrogens is 280 g/mol. The number of anilines is 2. The second-order valence-corrected chi connectivity index (χ2v) is 7.22. The van der Waals surface area contributed by atoms with Crippen LogP contribution in [0.3, 0.4) is 0 Å². The number of carbonyl (C=O) groups is 1. The molecule has 6 nitrogen and oxygen atoms in total. The lowest BCUT2D eigenvalue weighted by Crippen LogP contribution is -2.50. The number of piperazine rings is 1. The fourth-order valence-electron chi connectivity index (χ4n) is 3.42. The van der Waals surface area contributed by atoms with Crippen LogP contribution in [-0.4, -0.2) is 46.8 Å². The number of amides is 1. The lowest BCUT2D eigenvalue weighted by Gasteiger charge is -2.36. The maximum Gasteiger partial charge on any atom is 0.410 e. The number of fused-ring (bicyclic) bond motifs is 2. The van der Waals surface area contributed by atoms with E-state index in [0.29, 0.717) is 24.3 Å². The molecule has 0 saturated carbocycles. The summed E-state index contributed by atoms with van der Waals surface area (Å²) in [6.07, 6.45) is 1.60. The molecule has 2 saturated heterocycles. The molecule has 3 atom stereocenters. The number of nitrogens with zero attached hydrogens (tertiary/aromatic N) is 3. The number of carbonyl (C=O) groups excluding carboxylic acids is 1. The highest BCUT2D eigenvalue weighted by Gasteiger charge is 2.51. The van der Waals surface area contributed by atoms with Crippen LogP contribution >= 0.6 is 0 Å². The normalized spacial score (nSPS) is 27.4. The predicted molar refractivity (Wildman–Crippen MR) is 85.7 cm³/mol. The Bertz CT molecular complexity index is 567. The van der Waals surface area contributed by atoms with Crippen molar-refractivity contribution in [3.63, 3.8) is 0 Å². The lowest BCUT2D eigenvalue weighted by molar-refractivity contribution is 0.0204. The van der Waals surface area contributed by atoms with Crippen molar-refractivity contribution in [1.29, 1.82) is 0 Å². The number of aromatic nitrogens is 1. The first-order valence-electron chi connectivity index (χ1n) is 7.74. The quantitative estimate of drug-likeness (QED) is 0.860. The van der Waals surface area contributed by atoms with Crippen LogP contribution in [0, 0.1) is 5.92 Å². The van der Waals surface area contributed by atoms with Gasteiger partial charge >= 0.3 is 6.09 Å². The van der Waals surface area contributed by atoms with E-state index < -0.39 is 5.60 Å². The van der Waals surface area contributed by atoms with Gasteiger partial charge < -0.3 is 20.3 Å². The van der Waals surface area contributed by atoms with Crippen molar-refractivity contribution in [2.75, 3.05) is 23.7 Å². The average Bonchev–Trinajstić information content (AvgIpc) is 2.91. The standard InChI is InChI=1S/C16H24N4O2/c1-10-12-9-20(15(21)22-16(2,3)4)13(10)8-19(12)11-5-6-14(17)18-7-11/h5-7,10,12-13H,8-9H2,1-4H3,(H2,17,18)/t10-,12?,13?/m1/s1. The number of hydrogen-bond donors (Lipinski definition) is 1. The number of rotatable bonds is 1. The summed E-state index contributed by atoms with van der Waals surface area (Å²) in [4.78, 5) is 20.7. The zero-order valence-electron chi connectivity index (χ0n) is 13.6. The third kappa shape index (κ3) is 2.58. The molecule has 2 fully saturated rings. The number of ether oxygens (including phenoxy) is 1. The van der Waals surface area contributed by atoms with Crippen LogP contribution in [0.5, 0.6) is 0 Å². The van der Waals surface area contributed by atoms with E-state index in [0.717, 1.165) is 12.2 Å². The number of pyridine rings is 1. The van der Waals surface area contributed by atoms with E-state index in [9.17, 15) is 4.79 Å². The van der Waals surface area contributed by atoms with Gasteiger partial charge in [0.2, 0.25) is 0 Å². The minimum absolute atomic E-state index is 0.192. The van der Waals surface area contributed by atoms with Crippen molar-refractivity contribution < 1.29 is 9.53 Å². The summed E-state index contributed by atoms with van der Waals surface area (Å²) in [6, 6.07) is 4.31. The minimum atomic E-state index is -0.456. The summed E-state index contributed by atoms with van der Waals surface area (Å²) in [6.45, 7) is 9.41. The number of nitrogens with two attached hydrogens (primary N) is 1. The smallest absolute Gasteiger partial charge is 0.410 e. The van der Waals surface area contributed by atoms with E-state index in [1.807, 2.05) is 37.8 Å². The molecule has 22 heavy (non-hydrogen) atoms. The van der Waals surface area contributed by atoms with Crippen LogP contribution in [0.4, 0.5) is 16.3 Å². The van der Waals surface area contributed by atoms with Gasteiger partial charge in [0.1, 0.15) is 11.4 Å². The molecule has 3 heterocycles. The highest BCUT2D eigenvalue weighted by atomic mass is 16.6. The van der Waals surface area contributed by atoms with E-state index >= 15 is 0 Å². The summed E-state index contributed by atoms with van der Waals surface area (Å²) in [5, 5.41) is 0. The van der Waals surface area contributed by atoms with E-state index in [2.05, 4.69) is 16.8 Å². The van der Waals surface area contributed by atoms with Gasteiger partial charge in [-0.25, -0.2) is 9.78 Å². The van der Waals surface area contributed by atoms with Crippen LogP contribution in [-0.2, 0) is 4.74 Å². The van der Waals surface area contributed by atoms with Crippen molar-refractivity contribution in [1.82, 2.24) is 9.88 Å². The maximum atomic E-state index is 12.3. The van der Waals surface area contributed by atoms with Crippen LogP contribution in [0.2, 0.25) is 0 Å². The largest absolute Gasteiger partial charge is 0.444 e. The summed E-state index contributed by atoms with van der Waals surface area (Å²) in [7, 11) is 0. The van der Waals surface area contributed by atoms with Gasteiger partial charge in [-0.05, 0) is 32.9 Å². The van der Waals surface area contributed by atoms with Gasteiger partial charge in [0, 0.05) is 19.0 Å². The van der Waals surface area contributed by atoms with Crippen molar-refractivity contribution in [3.8, 4) is 0 Å². The third-order valence-corrected chi connectivity index (χ3v) is 4.51. The molecule has 0 aromatic carbocycles. The van der Waals surface area contributed by atoms with Crippen LogP contribution in [0.15, 0.2) is 18.3 Å². The second-order valence-electron chi connectivity index (χ2n) is 7.22. The molecular formula is C16H24N4O2. The third-order valence-electron chi connectivity index (χ3n) is 4.51. The van der Waals surface area contributed by atoms with Gasteiger partial charge in [-0.2, -0.15) is 0 Å². The molecule has 2 aliphatic rings. The SMILES string of the molecule is C[C@H]1C2CN(c3ccc(N)nc3)C1CN2C(=O)OC(C)(C)C.